The van der Waals surface area contributed by atoms with E-state index in [2.05, 4.69) is 0 Å². The molecule has 36 heavy (non-hydrogen) atoms. The van der Waals surface area contributed by atoms with Crippen molar-refractivity contribution in [2.75, 3.05) is 42.6 Å². The Morgan fingerprint density at radius 1 is 0.972 bits per heavy atom. The van der Waals surface area contributed by atoms with Crippen molar-refractivity contribution in [3.8, 4) is 0 Å². The molecule has 2 aliphatic rings. The summed E-state index contributed by atoms with van der Waals surface area (Å²) in [5.41, 5.74) is 1.84. The van der Waals surface area contributed by atoms with Gasteiger partial charge in [-0.15, -0.1) is 0 Å². The van der Waals surface area contributed by atoms with E-state index in [1.54, 1.807) is 21.9 Å². The van der Waals surface area contributed by atoms with Crippen molar-refractivity contribution in [3.05, 3.63) is 101 Å². The molecule has 2 aliphatic heterocycles. The molecule has 0 bridgehead atoms. The van der Waals surface area contributed by atoms with Gasteiger partial charge in [-0.2, -0.15) is 0 Å². The van der Waals surface area contributed by atoms with Crippen molar-refractivity contribution >= 4 is 40.5 Å². The smallest absolute Gasteiger partial charge is 0.260 e. The standard InChI is InChI=1S/C28H26ClN3O4/c1-30(21-9-5-4-6-10-21)24-17-28(19-13-15-20(29)16-14-19)26(36-3)27(34)32(28)23-12-8-7-11-22(23)31(24)25(33)18-35-2/h4-17,26H,18H2,1-3H3. The van der Waals surface area contributed by atoms with Crippen LogP contribution in [-0.4, -0.2) is 45.8 Å². The molecule has 2 heterocycles. The number of ether oxygens (including phenoxy) is 2. The number of methoxy groups -OCH3 is 2. The van der Waals surface area contributed by atoms with Gasteiger partial charge in [0.1, 0.15) is 18.0 Å². The fourth-order valence-corrected chi connectivity index (χ4v) is 5.19. The summed E-state index contributed by atoms with van der Waals surface area (Å²) in [7, 11) is 4.90. The van der Waals surface area contributed by atoms with Crippen LogP contribution in [0.5, 0.6) is 0 Å². The number of benzene rings is 3. The normalized spacial score (nSPS) is 20.6. The van der Waals surface area contributed by atoms with Gasteiger partial charge in [0.2, 0.25) is 0 Å². The molecule has 0 aromatic heterocycles. The van der Waals surface area contributed by atoms with Crippen LogP contribution in [0.4, 0.5) is 17.1 Å². The average molecular weight is 504 g/mol. The quantitative estimate of drug-likeness (QED) is 0.461. The number of anilines is 3. The van der Waals surface area contributed by atoms with E-state index < -0.39 is 11.6 Å². The van der Waals surface area contributed by atoms with Crippen LogP contribution in [0, 0.1) is 0 Å². The van der Waals surface area contributed by atoms with Gasteiger partial charge in [-0.1, -0.05) is 54.1 Å². The molecule has 0 radical (unpaired) electrons. The molecule has 0 saturated carbocycles. The van der Waals surface area contributed by atoms with Crippen LogP contribution in [0.1, 0.15) is 5.56 Å². The highest BCUT2D eigenvalue weighted by Crippen LogP contribution is 2.53. The molecule has 2 amide bonds. The van der Waals surface area contributed by atoms with Crippen molar-refractivity contribution in [2.45, 2.75) is 11.6 Å². The van der Waals surface area contributed by atoms with E-state index in [0.717, 1.165) is 11.3 Å². The van der Waals surface area contributed by atoms with Gasteiger partial charge < -0.3 is 14.4 Å². The third kappa shape index (κ3) is 3.59. The third-order valence-electron chi connectivity index (χ3n) is 6.70. The van der Waals surface area contributed by atoms with E-state index in [4.69, 9.17) is 21.1 Å². The first-order valence-electron chi connectivity index (χ1n) is 11.5. The minimum atomic E-state index is -1.02. The van der Waals surface area contributed by atoms with Gasteiger partial charge in [-0.25, -0.2) is 0 Å². The minimum Gasteiger partial charge on any atom is -0.375 e. The summed E-state index contributed by atoms with van der Waals surface area (Å²) in [4.78, 5) is 32.4. The fraction of sp³-hybridized carbons (Fsp3) is 0.214. The molecule has 0 N–H and O–H groups in total. The number of hydrogen-bond donors (Lipinski definition) is 0. The lowest BCUT2D eigenvalue weighted by Gasteiger charge is -2.55. The Bertz CT molecular complexity index is 1330. The molecule has 184 valence electrons. The molecule has 1 fully saturated rings. The Labute approximate surface area is 215 Å². The Morgan fingerprint density at radius 2 is 1.61 bits per heavy atom. The highest BCUT2D eigenvalue weighted by atomic mass is 35.5. The molecule has 0 spiro atoms. The lowest BCUT2D eigenvalue weighted by atomic mass is 9.74. The highest BCUT2D eigenvalue weighted by molar-refractivity contribution is 6.30. The van der Waals surface area contributed by atoms with Crippen molar-refractivity contribution in [1.82, 2.24) is 0 Å². The molecular formula is C28H26ClN3O4. The maximum atomic E-state index is 13.6. The SMILES string of the molecule is COCC(=O)N1C(N(C)c2ccccc2)=CC2(c3ccc(Cl)cc3)C(OC)C(=O)N2c2ccccc21. The number of fused-ring (bicyclic) bond motifs is 3. The van der Waals surface area contributed by atoms with Crippen molar-refractivity contribution in [1.29, 1.82) is 0 Å². The number of carbonyl (C=O) groups is 2. The average Bonchev–Trinajstić information content (AvgIpc) is 3.00. The van der Waals surface area contributed by atoms with Crippen molar-refractivity contribution in [3.63, 3.8) is 0 Å². The summed E-state index contributed by atoms with van der Waals surface area (Å²) in [6.07, 6.45) is 1.13. The molecule has 8 heteroatoms. The molecule has 3 aromatic carbocycles. The van der Waals surface area contributed by atoms with Gasteiger partial charge in [0.25, 0.3) is 11.8 Å². The molecule has 0 aliphatic carbocycles. The zero-order chi connectivity index (χ0) is 25.4. The number of β-lactam (4-membered cyclic amide) rings is 1. The summed E-state index contributed by atoms with van der Waals surface area (Å²) >= 11 is 6.22. The zero-order valence-corrected chi connectivity index (χ0v) is 21.0. The lowest BCUT2D eigenvalue weighted by Crippen LogP contribution is -2.72. The Balaban J connectivity index is 1.84. The molecular weight excluding hydrogens is 478 g/mol. The molecule has 2 unspecified atom stereocenters. The molecule has 7 nitrogen and oxygen atoms in total. The Hall–Kier alpha value is -3.65. The molecule has 2 atom stereocenters. The van der Waals surface area contributed by atoms with Crippen LogP contribution in [0.2, 0.25) is 5.02 Å². The van der Waals surface area contributed by atoms with E-state index in [1.807, 2.05) is 84.8 Å². The number of hydrogen-bond acceptors (Lipinski definition) is 5. The van der Waals surface area contributed by atoms with Gasteiger partial charge in [-0.3, -0.25) is 19.4 Å². The second-order valence-corrected chi connectivity index (χ2v) is 9.11. The van der Waals surface area contributed by atoms with E-state index in [-0.39, 0.29) is 18.4 Å². The predicted molar refractivity (Wildman–Crippen MR) is 140 cm³/mol. The van der Waals surface area contributed by atoms with Gasteiger partial charge >= 0.3 is 0 Å². The first-order chi connectivity index (χ1) is 17.4. The largest absolute Gasteiger partial charge is 0.375 e. The second-order valence-electron chi connectivity index (χ2n) is 8.67. The van der Waals surface area contributed by atoms with Crippen molar-refractivity contribution in [2.24, 2.45) is 0 Å². The number of rotatable bonds is 6. The van der Waals surface area contributed by atoms with E-state index >= 15 is 0 Å². The van der Waals surface area contributed by atoms with Crippen LogP contribution >= 0.6 is 11.6 Å². The van der Waals surface area contributed by atoms with Crippen LogP contribution in [0.3, 0.4) is 0 Å². The topological polar surface area (TPSA) is 62.3 Å². The second kappa shape index (κ2) is 9.43. The van der Waals surface area contributed by atoms with Gasteiger partial charge in [-0.05, 0) is 48.0 Å². The third-order valence-corrected chi connectivity index (χ3v) is 6.95. The highest BCUT2D eigenvalue weighted by Gasteiger charge is 2.63. The Morgan fingerprint density at radius 3 is 2.25 bits per heavy atom. The molecule has 3 aromatic rings. The van der Waals surface area contributed by atoms with Crippen LogP contribution in [0.15, 0.2) is 90.8 Å². The van der Waals surface area contributed by atoms with E-state index in [0.29, 0.717) is 22.2 Å². The monoisotopic (exact) mass is 503 g/mol. The summed E-state index contributed by atoms with van der Waals surface area (Å²) in [6, 6.07) is 24.5. The van der Waals surface area contributed by atoms with Gasteiger partial charge in [0.05, 0.1) is 11.4 Å². The van der Waals surface area contributed by atoms with Crippen LogP contribution < -0.4 is 14.7 Å². The minimum absolute atomic E-state index is 0.135. The number of amides is 2. The number of para-hydroxylation sites is 3. The fourth-order valence-electron chi connectivity index (χ4n) is 5.07. The summed E-state index contributed by atoms with van der Waals surface area (Å²) < 4.78 is 11.0. The predicted octanol–water partition coefficient (Wildman–Crippen LogP) is 4.57. The van der Waals surface area contributed by atoms with Crippen molar-refractivity contribution < 1.29 is 19.1 Å². The summed E-state index contributed by atoms with van der Waals surface area (Å²) in [6.45, 7) is -0.135. The maximum absolute atomic E-state index is 13.6. The number of carbonyl (C=O) groups excluding carboxylic acids is 2. The number of nitrogens with zero attached hydrogens (tertiary/aromatic N) is 3. The lowest BCUT2D eigenvalue weighted by molar-refractivity contribution is -0.144. The van der Waals surface area contributed by atoms with Crippen LogP contribution in [-0.2, 0) is 24.6 Å². The number of halogens is 1. The van der Waals surface area contributed by atoms with Crippen LogP contribution in [0.25, 0.3) is 0 Å². The molecule has 1 saturated heterocycles. The van der Waals surface area contributed by atoms with E-state index in [9.17, 15) is 9.59 Å². The van der Waals surface area contributed by atoms with E-state index in [1.165, 1.54) is 14.2 Å². The molecule has 5 rings (SSSR count). The Kier molecular flexibility index (Phi) is 6.30. The van der Waals surface area contributed by atoms with Gasteiger partial charge in [0, 0.05) is 32.0 Å². The maximum Gasteiger partial charge on any atom is 0.260 e. The zero-order valence-electron chi connectivity index (χ0n) is 20.2. The summed E-state index contributed by atoms with van der Waals surface area (Å²) in [5.74, 6) is 0.107. The summed E-state index contributed by atoms with van der Waals surface area (Å²) in [5, 5.41) is 0.581. The first-order valence-corrected chi connectivity index (χ1v) is 11.9. The van der Waals surface area contributed by atoms with Gasteiger partial charge in [0.15, 0.2) is 6.10 Å². The first kappa shape index (κ1) is 24.1.